The number of amides is 1. The number of methoxy groups -OCH3 is 1. The predicted molar refractivity (Wildman–Crippen MR) is 93.2 cm³/mol. The van der Waals surface area contributed by atoms with E-state index in [1.54, 1.807) is 6.07 Å². The summed E-state index contributed by atoms with van der Waals surface area (Å²) in [5.74, 6) is -1.72. The van der Waals surface area contributed by atoms with Gasteiger partial charge >= 0.3 is 5.97 Å². The zero-order valence-electron chi connectivity index (χ0n) is 14.1. The van der Waals surface area contributed by atoms with Gasteiger partial charge in [-0.25, -0.2) is 8.42 Å². The molecule has 138 valence electrons. The summed E-state index contributed by atoms with van der Waals surface area (Å²) in [4.78, 5) is 23.3. The van der Waals surface area contributed by atoms with E-state index < -0.39 is 21.9 Å². The van der Waals surface area contributed by atoms with Gasteiger partial charge in [0.05, 0.1) is 24.5 Å². The Morgan fingerprint density at radius 3 is 2.52 bits per heavy atom. The van der Waals surface area contributed by atoms with Crippen molar-refractivity contribution in [1.29, 1.82) is 0 Å². The van der Waals surface area contributed by atoms with Crippen LogP contribution < -0.4 is 14.8 Å². The number of anilines is 2. The average molecular weight is 370 g/mol. The monoisotopic (exact) mass is 370 g/mol. The molecule has 0 bridgehead atoms. The number of carbonyl (C=O) groups is 2. The topological polar surface area (TPSA) is 122 Å². The van der Waals surface area contributed by atoms with Crippen molar-refractivity contribution in [3.05, 3.63) is 18.2 Å². The third-order valence-electron chi connectivity index (χ3n) is 4.27. The molecule has 0 unspecified atom stereocenters. The third-order valence-corrected chi connectivity index (χ3v) is 5.56. The second kappa shape index (κ2) is 7.73. The molecule has 2 rings (SSSR count). The molecule has 1 aromatic rings. The Kier molecular flexibility index (Phi) is 5.89. The van der Waals surface area contributed by atoms with Crippen LogP contribution in [0.5, 0.6) is 5.75 Å². The molecule has 0 aliphatic heterocycles. The Morgan fingerprint density at radius 1 is 1.28 bits per heavy atom. The van der Waals surface area contributed by atoms with Crippen molar-refractivity contribution in [1.82, 2.24) is 0 Å². The van der Waals surface area contributed by atoms with Gasteiger partial charge in [-0.2, -0.15) is 0 Å². The molecule has 3 N–H and O–H groups in total. The van der Waals surface area contributed by atoms with Crippen molar-refractivity contribution in [3.63, 3.8) is 0 Å². The Hall–Kier alpha value is -2.29. The molecule has 0 heterocycles. The lowest BCUT2D eigenvalue weighted by atomic mass is 10.0. The fraction of sp³-hybridized carbons (Fsp3) is 0.500. The van der Waals surface area contributed by atoms with E-state index in [1.165, 1.54) is 26.2 Å². The Labute approximate surface area is 146 Å². The van der Waals surface area contributed by atoms with Crippen LogP contribution in [0.15, 0.2) is 18.2 Å². The first-order chi connectivity index (χ1) is 11.8. The number of sulfonamides is 1. The fourth-order valence-electron chi connectivity index (χ4n) is 2.78. The zero-order chi connectivity index (χ0) is 18.6. The van der Waals surface area contributed by atoms with E-state index in [-0.39, 0.29) is 29.0 Å². The number of carboxylic acid groups (broad SMARTS) is 1. The van der Waals surface area contributed by atoms with E-state index >= 15 is 0 Å². The first-order valence-electron chi connectivity index (χ1n) is 7.98. The molecule has 9 heteroatoms. The van der Waals surface area contributed by atoms with Gasteiger partial charge in [0.2, 0.25) is 15.9 Å². The smallest absolute Gasteiger partial charge is 0.306 e. The van der Waals surface area contributed by atoms with Gasteiger partial charge in [0.25, 0.3) is 0 Å². The van der Waals surface area contributed by atoms with Crippen LogP contribution in [0.4, 0.5) is 11.4 Å². The lowest BCUT2D eigenvalue weighted by Crippen LogP contribution is -2.21. The van der Waals surface area contributed by atoms with E-state index in [0.717, 1.165) is 0 Å². The van der Waals surface area contributed by atoms with Gasteiger partial charge in [0.15, 0.2) is 0 Å². The average Bonchev–Trinajstić information content (AvgIpc) is 3.06. The molecule has 1 amide bonds. The largest absolute Gasteiger partial charge is 0.494 e. The summed E-state index contributed by atoms with van der Waals surface area (Å²) in [7, 11) is -2.04. The van der Waals surface area contributed by atoms with Gasteiger partial charge in [0.1, 0.15) is 5.75 Å². The standard InChI is InChI=1S/C16H22N2O6S/c1-3-25(22,23)18-13-7-6-12(9-14(13)24-2)17-15(19)10-4-5-11(8-10)16(20)21/h6-7,9-11,18H,3-5,8H2,1-2H3,(H,17,19)(H,20,21)/t10-,11+/m1/s1. The van der Waals surface area contributed by atoms with Gasteiger partial charge < -0.3 is 15.2 Å². The van der Waals surface area contributed by atoms with Crippen LogP contribution in [-0.4, -0.2) is 38.3 Å². The molecule has 1 aliphatic carbocycles. The molecule has 0 spiro atoms. The number of benzene rings is 1. The maximum Gasteiger partial charge on any atom is 0.306 e. The van der Waals surface area contributed by atoms with E-state index in [1.807, 2.05) is 0 Å². The number of carbonyl (C=O) groups excluding carboxylic acids is 1. The lowest BCUT2D eigenvalue weighted by Gasteiger charge is -2.14. The summed E-state index contributed by atoms with van der Waals surface area (Å²) in [5.41, 5.74) is 0.745. The minimum Gasteiger partial charge on any atom is -0.494 e. The fourth-order valence-corrected chi connectivity index (χ4v) is 3.43. The van der Waals surface area contributed by atoms with Crippen LogP contribution in [0.25, 0.3) is 0 Å². The predicted octanol–water partition coefficient (Wildman–Crippen LogP) is 1.90. The van der Waals surface area contributed by atoms with Crippen LogP contribution in [0, 0.1) is 11.8 Å². The highest BCUT2D eigenvalue weighted by Crippen LogP contribution is 2.33. The molecule has 0 radical (unpaired) electrons. The molecule has 1 fully saturated rings. The summed E-state index contributed by atoms with van der Waals surface area (Å²) < 4.78 is 30.9. The quantitative estimate of drug-likeness (QED) is 0.674. The zero-order valence-corrected chi connectivity index (χ0v) is 14.9. The van der Waals surface area contributed by atoms with Gasteiger partial charge in [-0.3, -0.25) is 14.3 Å². The lowest BCUT2D eigenvalue weighted by molar-refractivity contribution is -0.141. The Morgan fingerprint density at radius 2 is 1.96 bits per heavy atom. The van der Waals surface area contributed by atoms with Crippen LogP contribution in [0.3, 0.4) is 0 Å². The molecule has 1 aliphatic rings. The van der Waals surface area contributed by atoms with E-state index in [4.69, 9.17) is 9.84 Å². The number of nitrogens with one attached hydrogen (secondary N) is 2. The molecule has 1 saturated carbocycles. The highest BCUT2D eigenvalue weighted by atomic mass is 32.2. The van der Waals surface area contributed by atoms with Crippen molar-refractivity contribution in [2.75, 3.05) is 22.9 Å². The normalized spacial score (nSPS) is 20.1. The minimum absolute atomic E-state index is 0.0684. The number of carboxylic acids is 1. The number of aliphatic carboxylic acids is 1. The molecular weight excluding hydrogens is 348 g/mol. The van der Waals surface area contributed by atoms with Crippen molar-refractivity contribution in [3.8, 4) is 5.75 Å². The molecular formula is C16H22N2O6S. The van der Waals surface area contributed by atoms with Crippen molar-refractivity contribution in [2.45, 2.75) is 26.2 Å². The first kappa shape index (κ1) is 19.0. The molecule has 25 heavy (non-hydrogen) atoms. The van der Waals surface area contributed by atoms with Crippen molar-refractivity contribution in [2.24, 2.45) is 11.8 Å². The second-order valence-electron chi connectivity index (χ2n) is 5.95. The summed E-state index contributed by atoms with van der Waals surface area (Å²) in [6, 6.07) is 4.60. The van der Waals surface area contributed by atoms with Crippen LogP contribution in [-0.2, 0) is 19.6 Å². The number of hydrogen-bond donors (Lipinski definition) is 3. The Bertz CT molecular complexity index is 762. The SMILES string of the molecule is CCS(=O)(=O)Nc1ccc(NC(=O)[C@@H]2CC[C@H](C(=O)O)C2)cc1OC. The molecule has 2 atom stereocenters. The maximum absolute atomic E-state index is 12.3. The summed E-state index contributed by atoms with van der Waals surface area (Å²) in [6.07, 6.45) is 1.36. The summed E-state index contributed by atoms with van der Waals surface area (Å²) in [5, 5.41) is 11.7. The second-order valence-corrected chi connectivity index (χ2v) is 7.97. The van der Waals surface area contributed by atoms with Gasteiger partial charge in [-0.15, -0.1) is 0 Å². The molecule has 1 aromatic carbocycles. The number of ether oxygens (including phenoxy) is 1. The minimum atomic E-state index is -3.44. The molecule has 0 aromatic heterocycles. The summed E-state index contributed by atoms with van der Waals surface area (Å²) in [6.45, 7) is 1.52. The van der Waals surface area contributed by atoms with Crippen LogP contribution >= 0.6 is 0 Å². The van der Waals surface area contributed by atoms with Gasteiger partial charge in [-0.1, -0.05) is 0 Å². The third kappa shape index (κ3) is 4.85. The van der Waals surface area contributed by atoms with E-state index in [2.05, 4.69) is 10.0 Å². The summed E-state index contributed by atoms with van der Waals surface area (Å²) >= 11 is 0. The molecule has 0 saturated heterocycles. The highest BCUT2D eigenvalue weighted by Gasteiger charge is 2.33. The highest BCUT2D eigenvalue weighted by molar-refractivity contribution is 7.92. The van der Waals surface area contributed by atoms with Crippen LogP contribution in [0.2, 0.25) is 0 Å². The van der Waals surface area contributed by atoms with Crippen molar-refractivity contribution < 1.29 is 27.9 Å². The first-order valence-corrected chi connectivity index (χ1v) is 9.63. The number of hydrogen-bond acceptors (Lipinski definition) is 5. The van der Waals surface area contributed by atoms with E-state index in [0.29, 0.717) is 24.9 Å². The van der Waals surface area contributed by atoms with Gasteiger partial charge in [0, 0.05) is 17.7 Å². The van der Waals surface area contributed by atoms with E-state index in [9.17, 15) is 18.0 Å². The number of rotatable bonds is 7. The van der Waals surface area contributed by atoms with Crippen LogP contribution in [0.1, 0.15) is 26.2 Å². The molecule has 8 nitrogen and oxygen atoms in total. The Balaban J connectivity index is 2.08. The van der Waals surface area contributed by atoms with Gasteiger partial charge in [-0.05, 0) is 38.3 Å². The maximum atomic E-state index is 12.3. The van der Waals surface area contributed by atoms with Crippen molar-refractivity contribution >= 4 is 33.3 Å².